The fraction of sp³-hybridized carbons (Fsp3) is 1.00. The smallest absolute Gasteiger partial charge is 0.0610 e. The molecule has 0 aliphatic carbocycles. The largest absolute Gasteiger partial charge is 0.394 e. The Morgan fingerprint density at radius 1 is 1.75 bits per heavy atom. The van der Waals surface area contributed by atoms with Crippen LogP contribution < -0.4 is 5.32 Å². The van der Waals surface area contributed by atoms with Crippen LogP contribution in [0.25, 0.3) is 0 Å². The average molecular weight is 115 g/mol. The molecule has 0 amide bonds. The topological polar surface area (TPSA) is 32.3 Å². The fourth-order valence-corrected chi connectivity index (χ4v) is 1.09. The van der Waals surface area contributed by atoms with E-state index in [0.29, 0.717) is 0 Å². The molecule has 48 valence electrons. The number of aliphatic hydroxyl groups excluding tert-OH is 1. The molecule has 2 N–H and O–H groups in total. The molecule has 1 fully saturated rings. The Hall–Kier alpha value is -0.0800. The SMILES string of the molecule is C[C@]1(CO)CCCN1. The lowest BCUT2D eigenvalue weighted by atomic mass is 10.0. The van der Waals surface area contributed by atoms with Crippen molar-refractivity contribution in [2.45, 2.75) is 25.3 Å². The van der Waals surface area contributed by atoms with E-state index in [1.54, 1.807) is 0 Å². The molecule has 0 radical (unpaired) electrons. The Morgan fingerprint density at radius 2 is 2.50 bits per heavy atom. The van der Waals surface area contributed by atoms with Gasteiger partial charge < -0.3 is 10.4 Å². The lowest BCUT2D eigenvalue weighted by Crippen LogP contribution is -2.39. The van der Waals surface area contributed by atoms with E-state index in [9.17, 15) is 0 Å². The first-order chi connectivity index (χ1) is 3.77. The molecule has 0 aromatic rings. The van der Waals surface area contributed by atoms with Crippen molar-refractivity contribution in [3.05, 3.63) is 0 Å². The van der Waals surface area contributed by atoms with Crippen LogP contribution in [0.2, 0.25) is 0 Å². The molecule has 1 atom stereocenters. The predicted molar refractivity (Wildman–Crippen MR) is 32.7 cm³/mol. The molecular weight excluding hydrogens is 102 g/mol. The second kappa shape index (κ2) is 2.03. The summed E-state index contributed by atoms with van der Waals surface area (Å²) in [5, 5.41) is 12.0. The van der Waals surface area contributed by atoms with Crippen LogP contribution >= 0.6 is 0 Å². The molecule has 0 aromatic carbocycles. The Morgan fingerprint density at radius 3 is 2.75 bits per heavy atom. The third-order valence-corrected chi connectivity index (χ3v) is 1.81. The maximum absolute atomic E-state index is 8.76. The van der Waals surface area contributed by atoms with Crippen molar-refractivity contribution < 1.29 is 5.11 Å². The summed E-state index contributed by atoms with van der Waals surface area (Å²) < 4.78 is 0. The molecule has 1 heterocycles. The van der Waals surface area contributed by atoms with Crippen LogP contribution in [0.5, 0.6) is 0 Å². The summed E-state index contributed by atoms with van der Waals surface area (Å²) in [6, 6.07) is 0. The monoisotopic (exact) mass is 115 g/mol. The van der Waals surface area contributed by atoms with Gasteiger partial charge in [-0.25, -0.2) is 0 Å². The van der Waals surface area contributed by atoms with Crippen molar-refractivity contribution in [3.8, 4) is 0 Å². The fourth-order valence-electron chi connectivity index (χ4n) is 1.09. The minimum atomic E-state index is 0.0417. The van der Waals surface area contributed by atoms with E-state index in [2.05, 4.69) is 12.2 Å². The summed E-state index contributed by atoms with van der Waals surface area (Å²) in [5.74, 6) is 0. The maximum Gasteiger partial charge on any atom is 0.0610 e. The van der Waals surface area contributed by atoms with Crippen LogP contribution in [0.3, 0.4) is 0 Å². The van der Waals surface area contributed by atoms with Crippen molar-refractivity contribution >= 4 is 0 Å². The summed E-state index contributed by atoms with van der Waals surface area (Å²) in [4.78, 5) is 0. The standard InChI is InChI=1S/C6H13NO/c1-6(5-8)3-2-4-7-6/h7-8H,2-5H2,1H3/t6-/m1/s1. The molecule has 0 spiro atoms. The first-order valence-corrected chi connectivity index (χ1v) is 3.13. The highest BCUT2D eigenvalue weighted by Crippen LogP contribution is 2.16. The van der Waals surface area contributed by atoms with E-state index in [1.807, 2.05) is 0 Å². The Balaban J connectivity index is 2.40. The van der Waals surface area contributed by atoms with Gasteiger partial charge in [0.15, 0.2) is 0 Å². The van der Waals surface area contributed by atoms with E-state index >= 15 is 0 Å². The minimum Gasteiger partial charge on any atom is -0.394 e. The van der Waals surface area contributed by atoms with Crippen molar-refractivity contribution in [1.29, 1.82) is 0 Å². The van der Waals surface area contributed by atoms with E-state index < -0.39 is 0 Å². The number of hydrogen-bond acceptors (Lipinski definition) is 2. The third-order valence-electron chi connectivity index (χ3n) is 1.81. The quantitative estimate of drug-likeness (QED) is 0.509. The van der Waals surface area contributed by atoms with Crippen LogP contribution in [0, 0.1) is 0 Å². The number of rotatable bonds is 1. The Labute approximate surface area is 49.9 Å². The zero-order chi connectivity index (χ0) is 6.04. The summed E-state index contributed by atoms with van der Waals surface area (Å²) in [7, 11) is 0. The van der Waals surface area contributed by atoms with Crippen molar-refractivity contribution in [3.63, 3.8) is 0 Å². The molecule has 8 heavy (non-hydrogen) atoms. The zero-order valence-corrected chi connectivity index (χ0v) is 5.28. The molecule has 0 saturated carbocycles. The minimum absolute atomic E-state index is 0.0417. The first kappa shape index (κ1) is 6.05. The highest BCUT2D eigenvalue weighted by molar-refractivity contribution is 4.87. The van der Waals surface area contributed by atoms with Gasteiger partial charge in [-0.05, 0) is 26.3 Å². The van der Waals surface area contributed by atoms with Gasteiger partial charge in [-0.2, -0.15) is 0 Å². The van der Waals surface area contributed by atoms with Crippen LogP contribution in [0.4, 0.5) is 0 Å². The van der Waals surface area contributed by atoms with Gasteiger partial charge in [0.1, 0.15) is 0 Å². The highest BCUT2D eigenvalue weighted by Gasteiger charge is 2.26. The average Bonchev–Trinajstić information content (AvgIpc) is 2.17. The maximum atomic E-state index is 8.76. The summed E-state index contributed by atoms with van der Waals surface area (Å²) >= 11 is 0. The molecule has 1 rings (SSSR count). The molecule has 2 nitrogen and oxygen atoms in total. The lowest BCUT2D eigenvalue weighted by molar-refractivity contribution is 0.192. The van der Waals surface area contributed by atoms with E-state index in [0.717, 1.165) is 13.0 Å². The van der Waals surface area contributed by atoms with Crippen molar-refractivity contribution in [2.75, 3.05) is 13.2 Å². The van der Waals surface area contributed by atoms with Gasteiger partial charge in [-0.1, -0.05) is 0 Å². The molecule has 0 bridgehead atoms. The second-order valence-electron chi connectivity index (χ2n) is 2.75. The molecule has 0 unspecified atom stereocenters. The molecule has 0 aromatic heterocycles. The van der Waals surface area contributed by atoms with Gasteiger partial charge in [0, 0.05) is 5.54 Å². The van der Waals surface area contributed by atoms with Crippen LogP contribution in [-0.4, -0.2) is 23.8 Å². The van der Waals surface area contributed by atoms with E-state index in [4.69, 9.17) is 5.11 Å². The van der Waals surface area contributed by atoms with Crippen LogP contribution in [0.1, 0.15) is 19.8 Å². The lowest BCUT2D eigenvalue weighted by Gasteiger charge is -2.19. The number of nitrogens with one attached hydrogen (secondary N) is 1. The summed E-state index contributed by atoms with van der Waals surface area (Å²) in [5.41, 5.74) is 0.0417. The van der Waals surface area contributed by atoms with E-state index in [-0.39, 0.29) is 12.1 Å². The Bertz CT molecular complexity index is 76.6. The van der Waals surface area contributed by atoms with Gasteiger partial charge >= 0.3 is 0 Å². The van der Waals surface area contributed by atoms with Gasteiger partial charge in [-0.15, -0.1) is 0 Å². The predicted octanol–water partition coefficient (Wildman–Crippen LogP) is 0.121. The van der Waals surface area contributed by atoms with Crippen LogP contribution in [0.15, 0.2) is 0 Å². The van der Waals surface area contributed by atoms with Gasteiger partial charge in [0.2, 0.25) is 0 Å². The second-order valence-corrected chi connectivity index (χ2v) is 2.75. The first-order valence-electron chi connectivity index (χ1n) is 3.13. The third kappa shape index (κ3) is 1.01. The van der Waals surface area contributed by atoms with Crippen LogP contribution in [-0.2, 0) is 0 Å². The molecule has 1 aliphatic heterocycles. The van der Waals surface area contributed by atoms with Gasteiger partial charge in [0.05, 0.1) is 6.61 Å². The van der Waals surface area contributed by atoms with Gasteiger partial charge in [0.25, 0.3) is 0 Å². The molecular formula is C6H13NO. The molecule has 2 heteroatoms. The van der Waals surface area contributed by atoms with Crippen molar-refractivity contribution in [2.24, 2.45) is 0 Å². The normalized spacial score (nSPS) is 38.2. The Kier molecular flexibility index (Phi) is 1.54. The number of hydrogen-bond donors (Lipinski definition) is 2. The van der Waals surface area contributed by atoms with Gasteiger partial charge in [-0.3, -0.25) is 0 Å². The summed E-state index contributed by atoms with van der Waals surface area (Å²) in [6.45, 7) is 3.39. The summed E-state index contributed by atoms with van der Waals surface area (Å²) in [6.07, 6.45) is 2.32. The number of aliphatic hydroxyl groups is 1. The molecule has 1 aliphatic rings. The zero-order valence-electron chi connectivity index (χ0n) is 5.28. The van der Waals surface area contributed by atoms with E-state index in [1.165, 1.54) is 6.42 Å². The van der Waals surface area contributed by atoms with Crippen molar-refractivity contribution in [1.82, 2.24) is 5.32 Å². The molecule has 1 saturated heterocycles. The highest BCUT2D eigenvalue weighted by atomic mass is 16.3.